The lowest BCUT2D eigenvalue weighted by Gasteiger charge is -2.09. The summed E-state index contributed by atoms with van der Waals surface area (Å²) in [6.45, 7) is 2.44. The number of hydrogen-bond donors (Lipinski definition) is 2. The van der Waals surface area contributed by atoms with Crippen molar-refractivity contribution in [2.45, 2.75) is 18.4 Å². The second kappa shape index (κ2) is 8.05. The van der Waals surface area contributed by atoms with Gasteiger partial charge in [0, 0.05) is 17.8 Å². The Bertz CT molecular complexity index is 1010. The number of nitrogens with one attached hydrogen (secondary N) is 2. The predicted octanol–water partition coefficient (Wildman–Crippen LogP) is 3.73. The first-order valence-corrected chi connectivity index (χ1v) is 9.94. The molecule has 138 valence electrons. The van der Waals surface area contributed by atoms with Crippen LogP contribution in [0.5, 0.6) is 0 Å². The Morgan fingerprint density at radius 3 is 2.11 bits per heavy atom. The van der Waals surface area contributed by atoms with E-state index in [-0.39, 0.29) is 10.8 Å². The summed E-state index contributed by atoms with van der Waals surface area (Å²) >= 11 is 0. The van der Waals surface area contributed by atoms with Crippen LogP contribution in [0.4, 0.5) is 5.69 Å². The second-order valence-corrected chi connectivity index (χ2v) is 7.85. The van der Waals surface area contributed by atoms with Gasteiger partial charge in [-0.15, -0.1) is 0 Å². The minimum atomic E-state index is -3.65. The molecule has 5 nitrogen and oxygen atoms in total. The zero-order valence-electron chi connectivity index (χ0n) is 14.8. The maximum Gasteiger partial charge on any atom is 0.261 e. The Balaban J connectivity index is 1.62. The normalized spacial score (nSPS) is 11.0. The van der Waals surface area contributed by atoms with Crippen molar-refractivity contribution < 1.29 is 13.2 Å². The molecule has 0 aliphatic heterocycles. The molecule has 0 aromatic heterocycles. The first kappa shape index (κ1) is 18.7. The van der Waals surface area contributed by atoms with E-state index in [2.05, 4.69) is 10.0 Å². The van der Waals surface area contributed by atoms with Crippen molar-refractivity contribution in [2.24, 2.45) is 0 Å². The van der Waals surface area contributed by atoms with Gasteiger partial charge in [0.1, 0.15) is 0 Å². The highest BCUT2D eigenvalue weighted by Crippen LogP contribution is 2.16. The highest BCUT2D eigenvalue weighted by molar-refractivity contribution is 7.92. The Hall–Kier alpha value is -3.12. The number of amides is 1. The molecule has 2 N–H and O–H groups in total. The average molecular weight is 380 g/mol. The molecule has 0 atom stereocenters. The van der Waals surface area contributed by atoms with Crippen molar-refractivity contribution in [2.75, 3.05) is 4.72 Å². The Morgan fingerprint density at radius 2 is 1.48 bits per heavy atom. The number of sulfonamides is 1. The molecule has 0 aliphatic rings. The molecular formula is C21H20N2O3S. The summed E-state index contributed by atoms with van der Waals surface area (Å²) in [4.78, 5) is 12.4. The van der Waals surface area contributed by atoms with Crippen LogP contribution in [0.15, 0.2) is 83.8 Å². The summed E-state index contributed by atoms with van der Waals surface area (Å²) in [5.41, 5.74) is 3.04. The van der Waals surface area contributed by atoms with E-state index in [1.54, 1.807) is 42.5 Å². The molecule has 3 aromatic carbocycles. The summed E-state index contributed by atoms with van der Waals surface area (Å²) < 4.78 is 27.1. The fraction of sp³-hybridized carbons (Fsp3) is 0.0952. The number of benzene rings is 3. The van der Waals surface area contributed by atoms with Gasteiger partial charge >= 0.3 is 0 Å². The van der Waals surface area contributed by atoms with E-state index < -0.39 is 10.0 Å². The molecule has 0 saturated carbocycles. The van der Waals surface area contributed by atoms with E-state index >= 15 is 0 Å². The van der Waals surface area contributed by atoms with Crippen molar-refractivity contribution in [3.63, 3.8) is 0 Å². The van der Waals surface area contributed by atoms with Crippen LogP contribution in [0.25, 0.3) is 0 Å². The third-order valence-electron chi connectivity index (χ3n) is 4.03. The minimum Gasteiger partial charge on any atom is -0.348 e. The molecule has 0 fully saturated rings. The lowest BCUT2D eigenvalue weighted by Crippen LogP contribution is -2.22. The van der Waals surface area contributed by atoms with Gasteiger partial charge in [-0.05, 0) is 48.9 Å². The molecule has 6 heteroatoms. The van der Waals surface area contributed by atoms with Crippen molar-refractivity contribution >= 4 is 21.6 Å². The number of carbonyl (C=O) groups excluding carboxylic acids is 1. The standard InChI is InChI=1S/C21H20N2O3S/c1-16-7-9-17(10-8-16)15-22-21(24)18-11-13-19(14-12-18)23-27(25,26)20-5-3-2-4-6-20/h2-14,23H,15H2,1H3,(H,22,24). The number of carbonyl (C=O) groups is 1. The lowest BCUT2D eigenvalue weighted by molar-refractivity contribution is 0.0951. The third kappa shape index (κ3) is 4.95. The summed E-state index contributed by atoms with van der Waals surface area (Å²) in [5.74, 6) is -0.215. The van der Waals surface area contributed by atoms with Crippen LogP contribution in [0.2, 0.25) is 0 Å². The van der Waals surface area contributed by atoms with Gasteiger partial charge in [0.15, 0.2) is 0 Å². The minimum absolute atomic E-state index is 0.185. The molecule has 27 heavy (non-hydrogen) atoms. The highest BCUT2D eigenvalue weighted by atomic mass is 32.2. The summed E-state index contributed by atoms with van der Waals surface area (Å²) in [6, 6.07) is 22.4. The van der Waals surface area contributed by atoms with Crippen molar-refractivity contribution in [1.29, 1.82) is 0 Å². The van der Waals surface area contributed by atoms with E-state index in [1.807, 2.05) is 31.2 Å². The largest absolute Gasteiger partial charge is 0.348 e. The first-order valence-electron chi connectivity index (χ1n) is 8.46. The maximum atomic E-state index is 12.3. The molecule has 1 amide bonds. The molecular weight excluding hydrogens is 360 g/mol. The van der Waals surface area contributed by atoms with Crippen molar-refractivity contribution in [3.8, 4) is 0 Å². The number of hydrogen-bond acceptors (Lipinski definition) is 3. The van der Waals surface area contributed by atoms with E-state index in [4.69, 9.17) is 0 Å². The van der Waals surface area contributed by atoms with Crippen LogP contribution in [0.1, 0.15) is 21.5 Å². The van der Waals surface area contributed by atoms with E-state index in [0.717, 1.165) is 5.56 Å². The maximum absolute atomic E-state index is 12.3. The second-order valence-electron chi connectivity index (χ2n) is 6.16. The van der Waals surface area contributed by atoms with Crippen LogP contribution in [0, 0.1) is 6.92 Å². The zero-order chi connectivity index (χ0) is 19.3. The topological polar surface area (TPSA) is 75.3 Å². The zero-order valence-corrected chi connectivity index (χ0v) is 15.7. The summed E-state index contributed by atoms with van der Waals surface area (Å²) in [5, 5.41) is 2.85. The molecule has 3 rings (SSSR count). The van der Waals surface area contributed by atoms with E-state index in [0.29, 0.717) is 17.8 Å². The molecule has 0 spiro atoms. The monoisotopic (exact) mass is 380 g/mol. The number of rotatable bonds is 6. The van der Waals surface area contributed by atoms with Crippen LogP contribution >= 0.6 is 0 Å². The Morgan fingerprint density at radius 1 is 0.852 bits per heavy atom. The van der Waals surface area contributed by atoms with Gasteiger partial charge in [-0.25, -0.2) is 8.42 Å². The molecule has 0 aliphatic carbocycles. The quantitative estimate of drug-likeness (QED) is 0.684. The first-order chi connectivity index (χ1) is 12.9. The highest BCUT2D eigenvalue weighted by Gasteiger charge is 2.13. The van der Waals surface area contributed by atoms with Gasteiger partial charge in [-0.3, -0.25) is 9.52 Å². The van der Waals surface area contributed by atoms with Gasteiger partial charge in [-0.2, -0.15) is 0 Å². The van der Waals surface area contributed by atoms with E-state index in [1.165, 1.54) is 17.7 Å². The van der Waals surface area contributed by atoms with Gasteiger partial charge in [0.05, 0.1) is 4.90 Å². The molecule has 3 aromatic rings. The molecule has 0 bridgehead atoms. The predicted molar refractivity (Wildman–Crippen MR) is 106 cm³/mol. The summed E-state index contributed by atoms with van der Waals surface area (Å²) in [6.07, 6.45) is 0. The van der Waals surface area contributed by atoms with Crippen LogP contribution in [0.3, 0.4) is 0 Å². The Labute approximate surface area is 159 Å². The molecule has 0 unspecified atom stereocenters. The third-order valence-corrected chi connectivity index (χ3v) is 5.42. The van der Waals surface area contributed by atoms with Gasteiger partial charge in [0.25, 0.3) is 15.9 Å². The fourth-order valence-corrected chi connectivity index (χ4v) is 3.57. The summed E-state index contributed by atoms with van der Waals surface area (Å²) in [7, 11) is -3.65. The van der Waals surface area contributed by atoms with Crippen LogP contribution < -0.4 is 10.0 Å². The van der Waals surface area contributed by atoms with Crippen molar-refractivity contribution in [1.82, 2.24) is 5.32 Å². The van der Waals surface area contributed by atoms with Crippen LogP contribution in [-0.2, 0) is 16.6 Å². The molecule has 0 radical (unpaired) electrons. The van der Waals surface area contributed by atoms with Gasteiger partial charge < -0.3 is 5.32 Å². The molecule has 0 heterocycles. The number of anilines is 1. The van der Waals surface area contributed by atoms with Crippen molar-refractivity contribution in [3.05, 3.63) is 95.6 Å². The Kier molecular flexibility index (Phi) is 5.57. The molecule has 0 saturated heterocycles. The average Bonchev–Trinajstić information content (AvgIpc) is 2.68. The SMILES string of the molecule is Cc1ccc(CNC(=O)c2ccc(NS(=O)(=O)c3ccccc3)cc2)cc1. The lowest BCUT2D eigenvalue weighted by atomic mass is 10.1. The van der Waals surface area contributed by atoms with Gasteiger partial charge in [0.2, 0.25) is 0 Å². The number of aryl methyl sites for hydroxylation is 1. The van der Waals surface area contributed by atoms with Crippen LogP contribution in [-0.4, -0.2) is 14.3 Å². The smallest absolute Gasteiger partial charge is 0.261 e. The van der Waals surface area contributed by atoms with E-state index in [9.17, 15) is 13.2 Å². The van der Waals surface area contributed by atoms with Gasteiger partial charge in [-0.1, -0.05) is 48.0 Å². The fourth-order valence-electron chi connectivity index (χ4n) is 2.49.